The minimum atomic E-state index is -0.578. The van der Waals surface area contributed by atoms with Gasteiger partial charge in [-0.05, 0) is 42.8 Å². The van der Waals surface area contributed by atoms with Gasteiger partial charge >= 0.3 is 0 Å². The fourth-order valence-electron chi connectivity index (χ4n) is 3.51. The van der Waals surface area contributed by atoms with E-state index >= 15 is 0 Å². The number of amides is 2. The highest BCUT2D eigenvalue weighted by Gasteiger charge is 2.35. The molecule has 0 saturated carbocycles. The number of carbonyl (C=O) groups excluding carboxylic acids is 2. The Labute approximate surface area is 158 Å². The van der Waals surface area contributed by atoms with Crippen LogP contribution in [0.4, 0.5) is 0 Å². The summed E-state index contributed by atoms with van der Waals surface area (Å²) in [4.78, 5) is 28.2. The molecular formula is C20H25N3O2S. The molecule has 2 heterocycles. The molecule has 138 valence electrons. The van der Waals surface area contributed by atoms with Crippen molar-refractivity contribution in [3.8, 4) is 0 Å². The van der Waals surface area contributed by atoms with Crippen LogP contribution < -0.4 is 11.1 Å². The summed E-state index contributed by atoms with van der Waals surface area (Å²) in [6, 6.07) is 13.0. The largest absolute Gasteiger partial charge is 0.339 e. The van der Waals surface area contributed by atoms with Gasteiger partial charge in [-0.1, -0.05) is 36.4 Å². The second-order valence-electron chi connectivity index (χ2n) is 6.87. The molecule has 2 amide bonds. The van der Waals surface area contributed by atoms with Crippen molar-refractivity contribution in [2.75, 3.05) is 13.1 Å². The van der Waals surface area contributed by atoms with Crippen LogP contribution in [0.5, 0.6) is 0 Å². The number of thiophene rings is 1. The summed E-state index contributed by atoms with van der Waals surface area (Å²) in [5.74, 6) is 0.109. The van der Waals surface area contributed by atoms with Crippen LogP contribution in [0.25, 0.3) is 0 Å². The Morgan fingerprint density at radius 3 is 2.65 bits per heavy atom. The van der Waals surface area contributed by atoms with Crippen LogP contribution in [0.15, 0.2) is 47.8 Å². The molecule has 1 aliphatic rings. The summed E-state index contributed by atoms with van der Waals surface area (Å²) in [6.07, 6.45) is 1.40. The number of likely N-dealkylation sites (tertiary alicyclic amines) is 1. The first kappa shape index (κ1) is 18.6. The van der Waals surface area contributed by atoms with Gasteiger partial charge in [0.2, 0.25) is 5.91 Å². The van der Waals surface area contributed by atoms with Gasteiger partial charge in [0.05, 0.1) is 4.88 Å². The van der Waals surface area contributed by atoms with Crippen molar-refractivity contribution in [3.05, 3.63) is 58.3 Å². The van der Waals surface area contributed by atoms with Gasteiger partial charge in [-0.3, -0.25) is 9.59 Å². The smallest absolute Gasteiger partial charge is 0.262 e. The summed E-state index contributed by atoms with van der Waals surface area (Å²) >= 11 is 1.37. The molecule has 1 saturated heterocycles. The molecule has 0 radical (unpaired) electrons. The van der Waals surface area contributed by atoms with Crippen LogP contribution >= 0.6 is 11.3 Å². The summed E-state index contributed by atoms with van der Waals surface area (Å²) in [6.45, 7) is 3.30. The van der Waals surface area contributed by atoms with Crippen LogP contribution in [-0.4, -0.2) is 41.9 Å². The Bertz CT molecular complexity index is 733. The number of nitrogens with zero attached hydrogens (tertiary/aromatic N) is 1. The number of rotatable bonds is 6. The lowest BCUT2D eigenvalue weighted by molar-refractivity contribution is -0.133. The van der Waals surface area contributed by atoms with Gasteiger partial charge in [-0.25, -0.2) is 0 Å². The minimum absolute atomic E-state index is 0.0257. The van der Waals surface area contributed by atoms with Crippen molar-refractivity contribution < 1.29 is 9.59 Å². The first-order valence-electron chi connectivity index (χ1n) is 8.97. The molecule has 0 aliphatic carbocycles. The Morgan fingerprint density at radius 2 is 2.04 bits per heavy atom. The molecule has 3 N–H and O–H groups in total. The van der Waals surface area contributed by atoms with Crippen molar-refractivity contribution in [2.24, 2.45) is 11.7 Å². The number of nitrogens with one attached hydrogen (secondary N) is 1. The maximum atomic E-state index is 13.2. The predicted octanol–water partition coefficient (Wildman–Crippen LogP) is 2.28. The molecule has 5 nitrogen and oxygen atoms in total. The van der Waals surface area contributed by atoms with Crippen molar-refractivity contribution in [2.45, 2.75) is 31.8 Å². The third kappa shape index (κ3) is 4.31. The molecule has 3 rings (SSSR count). The van der Waals surface area contributed by atoms with Gasteiger partial charge in [-0.15, -0.1) is 11.3 Å². The van der Waals surface area contributed by atoms with E-state index in [0.29, 0.717) is 30.3 Å². The summed E-state index contributed by atoms with van der Waals surface area (Å²) in [7, 11) is 0. The number of benzene rings is 1. The molecule has 0 spiro atoms. The van der Waals surface area contributed by atoms with Gasteiger partial charge in [0, 0.05) is 19.0 Å². The first-order chi connectivity index (χ1) is 12.6. The van der Waals surface area contributed by atoms with Crippen LogP contribution in [0.3, 0.4) is 0 Å². The quantitative estimate of drug-likeness (QED) is 0.818. The highest BCUT2D eigenvalue weighted by Crippen LogP contribution is 2.23. The molecule has 3 unspecified atom stereocenters. The molecule has 1 aromatic heterocycles. The zero-order valence-corrected chi connectivity index (χ0v) is 15.7. The van der Waals surface area contributed by atoms with E-state index in [2.05, 4.69) is 5.32 Å². The number of hydrogen-bond donors (Lipinski definition) is 2. The molecule has 26 heavy (non-hydrogen) atoms. The molecule has 1 fully saturated rings. The topological polar surface area (TPSA) is 75.4 Å². The third-order valence-corrected chi connectivity index (χ3v) is 5.78. The van der Waals surface area contributed by atoms with Crippen molar-refractivity contribution in [1.29, 1.82) is 0 Å². The molecular weight excluding hydrogens is 346 g/mol. The van der Waals surface area contributed by atoms with Gasteiger partial charge in [0.25, 0.3) is 5.91 Å². The summed E-state index contributed by atoms with van der Waals surface area (Å²) in [5.41, 5.74) is 6.82. The maximum absolute atomic E-state index is 13.2. The lowest BCUT2D eigenvalue weighted by Gasteiger charge is -2.27. The molecule has 3 atom stereocenters. The van der Waals surface area contributed by atoms with E-state index in [0.717, 1.165) is 12.0 Å². The Hall–Kier alpha value is -2.18. The van der Waals surface area contributed by atoms with Gasteiger partial charge in [0.1, 0.15) is 6.04 Å². The summed E-state index contributed by atoms with van der Waals surface area (Å²) in [5, 5.41) is 4.81. The highest BCUT2D eigenvalue weighted by molar-refractivity contribution is 7.12. The SMILES string of the molecule is CC1CC(CN)CN1C(=O)C(Cc1ccccc1)NC(=O)c1cccs1. The van der Waals surface area contributed by atoms with Crippen molar-refractivity contribution in [1.82, 2.24) is 10.2 Å². The van der Waals surface area contributed by atoms with E-state index in [1.54, 1.807) is 6.07 Å². The minimum Gasteiger partial charge on any atom is -0.339 e. The average molecular weight is 372 g/mol. The van der Waals surface area contributed by atoms with Gasteiger partial charge < -0.3 is 16.0 Å². The van der Waals surface area contributed by atoms with E-state index in [4.69, 9.17) is 5.73 Å². The Kier molecular flexibility index (Phi) is 6.06. The standard InChI is InChI=1S/C20H25N3O2S/c1-14-10-16(12-21)13-23(14)20(25)17(11-15-6-3-2-4-7-15)22-19(24)18-8-5-9-26-18/h2-9,14,16-17H,10-13,21H2,1H3,(H,22,24). The number of carbonyl (C=O) groups is 2. The van der Waals surface area contributed by atoms with Crippen molar-refractivity contribution >= 4 is 23.2 Å². The van der Waals surface area contributed by atoms with E-state index in [9.17, 15) is 9.59 Å². The normalized spacial score (nSPS) is 20.8. The Morgan fingerprint density at radius 1 is 1.27 bits per heavy atom. The van der Waals surface area contributed by atoms with Gasteiger partial charge in [-0.2, -0.15) is 0 Å². The lowest BCUT2D eigenvalue weighted by atomic mass is 10.0. The van der Waals surface area contributed by atoms with E-state index in [-0.39, 0.29) is 17.9 Å². The number of nitrogens with two attached hydrogens (primary N) is 1. The molecule has 1 aliphatic heterocycles. The van der Waals surface area contributed by atoms with Crippen LogP contribution in [-0.2, 0) is 11.2 Å². The van der Waals surface area contributed by atoms with Crippen molar-refractivity contribution in [3.63, 3.8) is 0 Å². The summed E-state index contributed by atoms with van der Waals surface area (Å²) < 4.78 is 0. The molecule has 0 bridgehead atoms. The Balaban J connectivity index is 1.77. The number of hydrogen-bond acceptors (Lipinski definition) is 4. The fraction of sp³-hybridized carbons (Fsp3) is 0.400. The van der Waals surface area contributed by atoms with Crippen LogP contribution in [0, 0.1) is 5.92 Å². The second kappa shape index (κ2) is 8.47. The third-order valence-electron chi connectivity index (χ3n) is 4.91. The second-order valence-corrected chi connectivity index (χ2v) is 7.82. The highest BCUT2D eigenvalue weighted by atomic mass is 32.1. The zero-order valence-electron chi connectivity index (χ0n) is 14.9. The van der Waals surface area contributed by atoms with Gasteiger partial charge in [0.15, 0.2) is 0 Å². The van der Waals surface area contributed by atoms with Crippen LogP contribution in [0.1, 0.15) is 28.6 Å². The predicted molar refractivity (Wildman–Crippen MR) is 104 cm³/mol. The first-order valence-corrected chi connectivity index (χ1v) is 9.85. The maximum Gasteiger partial charge on any atom is 0.262 e. The fourth-order valence-corrected chi connectivity index (χ4v) is 4.13. The molecule has 1 aromatic carbocycles. The zero-order chi connectivity index (χ0) is 18.5. The van der Waals surface area contributed by atoms with E-state index in [1.165, 1.54) is 11.3 Å². The lowest BCUT2D eigenvalue weighted by Crippen LogP contribution is -2.50. The van der Waals surface area contributed by atoms with Crippen LogP contribution in [0.2, 0.25) is 0 Å². The monoisotopic (exact) mass is 371 g/mol. The molecule has 2 aromatic rings. The average Bonchev–Trinajstić information content (AvgIpc) is 3.31. The molecule has 6 heteroatoms. The van der Waals surface area contributed by atoms with E-state index < -0.39 is 6.04 Å². The van der Waals surface area contributed by atoms with E-state index in [1.807, 2.05) is 53.6 Å².